The highest BCUT2D eigenvalue weighted by Gasteiger charge is 2.39. The Labute approximate surface area is 125 Å². The topological polar surface area (TPSA) is 57.6 Å². The SMILES string of the molecule is CC(=O)N(C1CC1)C(C(=O)O)c1ccc(C(C)(C)C)cc1. The van der Waals surface area contributed by atoms with E-state index in [0.29, 0.717) is 5.56 Å². The molecule has 21 heavy (non-hydrogen) atoms. The summed E-state index contributed by atoms with van der Waals surface area (Å²) in [7, 11) is 0. The number of hydrogen-bond acceptors (Lipinski definition) is 2. The molecule has 2 rings (SSSR count). The number of amides is 1. The molecule has 0 saturated heterocycles. The third-order valence-corrected chi connectivity index (χ3v) is 3.91. The van der Waals surface area contributed by atoms with Crippen LogP contribution in [0.4, 0.5) is 0 Å². The Kier molecular flexibility index (Phi) is 4.08. The first-order valence-corrected chi connectivity index (χ1v) is 7.34. The minimum atomic E-state index is -0.972. The quantitative estimate of drug-likeness (QED) is 0.926. The lowest BCUT2D eigenvalue weighted by molar-refractivity contribution is -0.150. The summed E-state index contributed by atoms with van der Waals surface area (Å²) in [5, 5.41) is 9.56. The van der Waals surface area contributed by atoms with Crippen LogP contribution in [0.25, 0.3) is 0 Å². The van der Waals surface area contributed by atoms with Gasteiger partial charge in [0.05, 0.1) is 0 Å². The second-order valence-corrected chi connectivity index (χ2v) is 6.77. The van der Waals surface area contributed by atoms with Crippen LogP contribution < -0.4 is 0 Å². The van der Waals surface area contributed by atoms with Gasteiger partial charge in [-0.2, -0.15) is 0 Å². The molecule has 1 fully saturated rings. The molecule has 114 valence electrons. The summed E-state index contributed by atoms with van der Waals surface area (Å²) in [5.74, 6) is -1.15. The van der Waals surface area contributed by atoms with Crippen molar-refractivity contribution in [2.75, 3.05) is 0 Å². The molecule has 0 bridgehead atoms. The highest BCUT2D eigenvalue weighted by molar-refractivity contribution is 5.84. The summed E-state index contributed by atoms with van der Waals surface area (Å²) in [6, 6.07) is 6.76. The summed E-state index contributed by atoms with van der Waals surface area (Å²) in [6.45, 7) is 7.78. The first kappa shape index (κ1) is 15.5. The Balaban J connectivity index is 2.34. The van der Waals surface area contributed by atoms with Gasteiger partial charge < -0.3 is 10.0 Å². The fourth-order valence-corrected chi connectivity index (χ4v) is 2.59. The Morgan fingerprint density at radius 3 is 2.05 bits per heavy atom. The second-order valence-electron chi connectivity index (χ2n) is 6.77. The monoisotopic (exact) mass is 289 g/mol. The van der Waals surface area contributed by atoms with E-state index in [1.807, 2.05) is 24.3 Å². The van der Waals surface area contributed by atoms with E-state index in [1.165, 1.54) is 11.8 Å². The number of carbonyl (C=O) groups is 2. The molecule has 0 spiro atoms. The smallest absolute Gasteiger partial charge is 0.331 e. The standard InChI is InChI=1S/C17H23NO3/c1-11(19)18(14-9-10-14)15(16(20)21)12-5-7-13(8-6-12)17(2,3)4/h5-8,14-15H,9-10H2,1-4H3,(H,20,21). The fourth-order valence-electron chi connectivity index (χ4n) is 2.59. The lowest BCUT2D eigenvalue weighted by Crippen LogP contribution is -2.39. The summed E-state index contributed by atoms with van der Waals surface area (Å²) in [6.07, 6.45) is 1.78. The molecule has 4 nitrogen and oxygen atoms in total. The highest BCUT2D eigenvalue weighted by Crippen LogP contribution is 2.35. The molecule has 0 aliphatic heterocycles. The molecule has 1 aliphatic rings. The van der Waals surface area contributed by atoms with Gasteiger partial charge in [0.1, 0.15) is 0 Å². The summed E-state index contributed by atoms with van der Waals surface area (Å²) >= 11 is 0. The zero-order valence-corrected chi connectivity index (χ0v) is 13.1. The van der Waals surface area contributed by atoms with Crippen LogP contribution in [0, 0.1) is 0 Å². The molecule has 1 amide bonds. The van der Waals surface area contributed by atoms with Crippen molar-refractivity contribution in [2.45, 2.75) is 58.0 Å². The molecular formula is C17H23NO3. The molecule has 1 aromatic rings. The molecular weight excluding hydrogens is 266 g/mol. The average molecular weight is 289 g/mol. The van der Waals surface area contributed by atoms with E-state index in [4.69, 9.17) is 0 Å². The number of carboxylic acid groups (broad SMARTS) is 1. The predicted octanol–water partition coefficient (Wildman–Crippen LogP) is 3.12. The van der Waals surface area contributed by atoms with Gasteiger partial charge in [-0.15, -0.1) is 0 Å². The van der Waals surface area contributed by atoms with E-state index >= 15 is 0 Å². The Morgan fingerprint density at radius 1 is 1.19 bits per heavy atom. The number of carbonyl (C=O) groups excluding carboxylic acids is 1. The van der Waals surface area contributed by atoms with E-state index in [1.54, 1.807) is 0 Å². The zero-order valence-electron chi connectivity index (χ0n) is 13.1. The van der Waals surface area contributed by atoms with Crippen molar-refractivity contribution in [3.63, 3.8) is 0 Å². The minimum absolute atomic E-state index is 0.0218. The van der Waals surface area contributed by atoms with Crippen molar-refractivity contribution in [3.05, 3.63) is 35.4 Å². The zero-order chi connectivity index (χ0) is 15.8. The van der Waals surface area contributed by atoms with Crippen LogP contribution >= 0.6 is 0 Å². The molecule has 4 heteroatoms. The summed E-state index contributed by atoms with van der Waals surface area (Å²) < 4.78 is 0. The second kappa shape index (κ2) is 5.51. The maximum atomic E-state index is 11.8. The number of aliphatic carboxylic acids is 1. The van der Waals surface area contributed by atoms with Gasteiger partial charge in [-0.25, -0.2) is 4.79 Å². The number of benzene rings is 1. The van der Waals surface area contributed by atoms with Crippen LogP contribution in [0.3, 0.4) is 0 Å². The first-order chi connectivity index (χ1) is 9.71. The molecule has 1 aliphatic carbocycles. The molecule has 0 radical (unpaired) electrons. The lowest BCUT2D eigenvalue weighted by atomic mass is 9.86. The highest BCUT2D eigenvalue weighted by atomic mass is 16.4. The number of nitrogens with zero attached hydrogens (tertiary/aromatic N) is 1. The molecule has 1 unspecified atom stereocenters. The van der Waals surface area contributed by atoms with Crippen molar-refractivity contribution < 1.29 is 14.7 Å². The molecule has 1 atom stereocenters. The number of hydrogen-bond donors (Lipinski definition) is 1. The maximum Gasteiger partial charge on any atom is 0.331 e. The van der Waals surface area contributed by atoms with Gasteiger partial charge in [0, 0.05) is 13.0 Å². The third-order valence-electron chi connectivity index (χ3n) is 3.91. The van der Waals surface area contributed by atoms with E-state index < -0.39 is 12.0 Å². The molecule has 1 saturated carbocycles. The Morgan fingerprint density at radius 2 is 1.71 bits per heavy atom. The maximum absolute atomic E-state index is 11.8. The Bertz CT molecular complexity index is 538. The van der Waals surface area contributed by atoms with Gasteiger partial charge in [0.2, 0.25) is 5.91 Å². The largest absolute Gasteiger partial charge is 0.479 e. The van der Waals surface area contributed by atoms with Crippen molar-refractivity contribution in [2.24, 2.45) is 0 Å². The molecule has 0 aromatic heterocycles. The van der Waals surface area contributed by atoms with Gasteiger partial charge in [-0.3, -0.25) is 4.79 Å². The minimum Gasteiger partial charge on any atom is -0.479 e. The van der Waals surface area contributed by atoms with Gasteiger partial charge in [-0.1, -0.05) is 45.0 Å². The van der Waals surface area contributed by atoms with Crippen molar-refractivity contribution in [3.8, 4) is 0 Å². The van der Waals surface area contributed by atoms with Crippen LogP contribution in [0.5, 0.6) is 0 Å². The predicted molar refractivity (Wildman–Crippen MR) is 81.1 cm³/mol. The van der Waals surface area contributed by atoms with E-state index in [0.717, 1.165) is 18.4 Å². The van der Waals surface area contributed by atoms with Gasteiger partial charge >= 0.3 is 5.97 Å². The van der Waals surface area contributed by atoms with Gasteiger partial charge in [0.25, 0.3) is 0 Å². The van der Waals surface area contributed by atoms with Crippen LogP contribution in [0.1, 0.15) is 57.7 Å². The van der Waals surface area contributed by atoms with Crippen molar-refractivity contribution >= 4 is 11.9 Å². The average Bonchev–Trinajstić information content (AvgIpc) is 3.18. The van der Waals surface area contributed by atoms with Crippen LogP contribution in [0.15, 0.2) is 24.3 Å². The number of carboxylic acids is 1. The summed E-state index contributed by atoms with van der Waals surface area (Å²) in [4.78, 5) is 25.0. The molecule has 0 heterocycles. The van der Waals surface area contributed by atoms with Gasteiger partial charge in [0.15, 0.2) is 6.04 Å². The number of rotatable bonds is 4. The third kappa shape index (κ3) is 3.43. The van der Waals surface area contributed by atoms with Crippen molar-refractivity contribution in [1.82, 2.24) is 4.90 Å². The van der Waals surface area contributed by atoms with E-state index in [2.05, 4.69) is 20.8 Å². The lowest BCUT2D eigenvalue weighted by Gasteiger charge is -2.29. The van der Waals surface area contributed by atoms with Crippen LogP contribution in [-0.2, 0) is 15.0 Å². The molecule has 1 N–H and O–H groups in total. The van der Waals surface area contributed by atoms with E-state index in [9.17, 15) is 14.7 Å². The van der Waals surface area contributed by atoms with Crippen LogP contribution in [-0.4, -0.2) is 27.9 Å². The Hall–Kier alpha value is -1.84. The van der Waals surface area contributed by atoms with Gasteiger partial charge in [-0.05, 0) is 29.4 Å². The molecule has 1 aromatic carbocycles. The first-order valence-electron chi connectivity index (χ1n) is 7.34. The van der Waals surface area contributed by atoms with E-state index in [-0.39, 0.29) is 17.4 Å². The van der Waals surface area contributed by atoms with Crippen molar-refractivity contribution in [1.29, 1.82) is 0 Å². The summed E-state index contributed by atoms with van der Waals surface area (Å²) in [5.41, 5.74) is 1.84. The van der Waals surface area contributed by atoms with Crippen LogP contribution in [0.2, 0.25) is 0 Å². The fraction of sp³-hybridized carbons (Fsp3) is 0.529. The normalized spacial score (nSPS) is 16.4.